The predicted molar refractivity (Wildman–Crippen MR) is 145 cm³/mol. The van der Waals surface area contributed by atoms with Crippen LogP contribution in [0.1, 0.15) is 42.5 Å². The molecular weight excluding hydrogens is 488 g/mol. The molecule has 1 aromatic heterocycles. The number of halogens is 1. The minimum atomic E-state index is -3.09. The highest BCUT2D eigenvalue weighted by Crippen LogP contribution is 2.40. The quantitative estimate of drug-likeness (QED) is 0.292. The number of rotatable bonds is 11. The maximum Gasteiger partial charge on any atom is 0.304 e. The van der Waals surface area contributed by atoms with E-state index in [2.05, 4.69) is 4.98 Å². The summed E-state index contributed by atoms with van der Waals surface area (Å²) in [6.07, 6.45) is 3.43. The fraction of sp³-hybridized carbons (Fsp3) is 0.269. The molecule has 0 aliphatic heterocycles. The normalized spacial score (nSPS) is 15.6. The average molecular weight is 521 g/mol. The van der Waals surface area contributed by atoms with Gasteiger partial charge in [0.1, 0.15) is 0 Å². The van der Waals surface area contributed by atoms with Gasteiger partial charge in [0, 0.05) is 50.5 Å². The summed E-state index contributed by atoms with van der Waals surface area (Å²) >= 11 is 8.80. The fourth-order valence-corrected chi connectivity index (χ4v) is 5.87. The molecule has 0 radical (unpaired) electrons. The molecule has 0 bridgehead atoms. The van der Waals surface area contributed by atoms with Crippen LogP contribution in [0.4, 0.5) is 0 Å². The highest BCUT2D eigenvalue weighted by Gasteiger charge is 2.15. The molecular formula is C26H27ClN2O3S2. The van der Waals surface area contributed by atoms with Crippen molar-refractivity contribution in [1.82, 2.24) is 9.88 Å². The molecule has 0 aliphatic rings. The average Bonchev–Trinajstić information content (AvgIpc) is 2.84. The Morgan fingerprint density at radius 3 is 2.62 bits per heavy atom. The maximum atomic E-state index is 12.5. The van der Waals surface area contributed by atoms with E-state index in [1.807, 2.05) is 60.7 Å². The number of aromatic nitrogens is 1. The second kappa shape index (κ2) is 12.8. The molecule has 8 heteroatoms. The number of benzene rings is 2. The number of carbonyl (C=O) groups excluding carboxylic acids is 1. The molecule has 3 rings (SSSR count). The summed E-state index contributed by atoms with van der Waals surface area (Å²) in [5.41, 5.74) is 3.27. The van der Waals surface area contributed by atoms with E-state index in [1.165, 1.54) is 23.5 Å². The van der Waals surface area contributed by atoms with Crippen molar-refractivity contribution < 1.29 is 22.9 Å². The second-order valence-electron chi connectivity index (χ2n) is 7.27. The van der Waals surface area contributed by atoms with E-state index in [9.17, 15) is 9.59 Å². The van der Waals surface area contributed by atoms with Crippen LogP contribution in [0, 0.1) is 0 Å². The Kier molecular flexibility index (Phi) is 7.10. The lowest BCUT2D eigenvalue weighted by molar-refractivity contribution is -0.136. The molecule has 178 valence electrons. The van der Waals surface area contributed by atoms with Crippen LogP contribution in [0.3, 0.4) is 0 Å². The number of carboxylic acid groups (broad SMARTS) is 1. The summed E-state index contributed by atoms with van der Waals surface area (Å²) in [5, 5.41) is 10.6. The molecule has 1 N–H and O–H groups in total. The van der Waals surface area contributed by atoms with Crippen LogP contribution in [0.15, 0.2) is 54.6 Å². The number of hydrogen-bond acceptors (Lipinski definition) is 5. The number of pyridine rings is 1. The lowest BCUT2D eigenvalue weighted by atomic mass is 10.1. The zero-order chi connectivity index (χ0) is 29.5. The molecule has 5 nitrogen and oxygen atoms in total. The molecule has 0 unspecified atom stereocenters. The number of fused-ring (bicyclic) bond motifs is 1. The van der Waals surface area contributed by atoms with Crippen LogP contribution < -0.4 is 0 Å². The molecule has 1 atom stereocenters. The number of carboxylic acids is 1. The smallest absolute Gasteiger partial charge is 0.304 e. The fourth-order valence-electron chi connectivity index (χ4n) is 3.05. The van der Waals surface area contributed by atoms with Gasteiger partial charge in [-0.2, -0.15) is 0 Å². The zero-order valence-electron chi connectivity index (χ0n) is 24.1. The van der Waals surface area contributed by atoms with Crippen LogP contribution in [-0.2, 0) is 9.59 Å². The van der Waals surface area contributed by atoms with Crippen molar-refractivity contribution in [2.75, 3.05) is 25.5 Å². The van der Waals surface area contributed by atoms with Crippen molar-refractivity contribution in [1.29, 1.82) is 0 Å². The molecule has 0 saturated carbocycles. The van der Waals surface area contributed by atoms with E-state index in [4.69, 9.17) is 24.9 Å². The van der Waals surface area contributed by atoms with Gasteiger partial charge in [-0.05, 0) is 41.5 Å². The molecule has 2 aromatic carbocycles. The molecule has 1 heterocycles. The van der Waals surface area contributed by atoms with Crippen molar-refractivity contribution in [3.63, 3.8) is 0 Å². The van der Waals surface area contributed by atoms with E-state index in [1.54, 1.807) is 6.07 Å². The topological polar surface area (TPSA) is 70.5 Å². The summed E-state index contributed by atoms with van der Waals surface area (Å²) in [4.78, 5) is 28.2. The third kappa shape index (κ3) is 8.08. The number of hydrogen-bond donors (Lipinski definition) is 1. The van der Waals surface area contributed by atoms with E-state index < -0.39 is 25.8 Å². The van der Waals surface area contributed by atoms with Crippen molar-refractivity contribution in [3.05, 3.63) is 76.4 Å². The van der Waals surface area contributed by atoms with E-state index in [-0.39, 0.29) is 28.1 Å². The molecule has 0 spiro atoms. The summed E-state index contributed by atoms with van der Waals surface area (Å²) in [7, 11) is 0. The Balaban J connectivity index is 1.75. The van der Waals surface area contributed by atoms with Crippen LogP contribution >= 0.6 is 35.1 Å². The van der Waals surface area contributed by atoms with Gasteiger partial charge in [0.25, 0.3) is 0 Å². The van der Waals surface area contributed by atoms with Gasteiger partial charge < -0.3 is 10.0 Å². The van der Waals surface area contributed by atoms with Gasteiger partial charge >= 0.3 is 5.97 Å². The summed E-state index contributed by atoms with van der Waals surface area (Å²) < 4.78 is 44.3. The van der Waals surface area contributed by atoms with Gasteiger partial charge in [-0.1, -0.05) is 48.0 Å². The SMILES string of the molecule is [2H]C([2H])([2H])N(C(=O)CCS[C@H](SCCC(=O)O)c1cccc(C=Cc2ccc3ccc(Cl)cc3n2)c1)C([2H])([2H])[2H]. The molecule has 0 fully saturated rings. The molecule has 3 aromatic rings. The summed E-state index contributed by atoms with van der Waals surface area (Å²) in [6.45, 7) is -6.18. The lowest BCUT2D eigenvalue weighted by Gasteiger charge is -2.18. The predicted octanol–water partition coefficient (Wildman–Crippen LogP) is 6.48. The standard InChI is InChI=1S/C26H27ClN2O3S2/c1-29(2)24(30)12-14-33-26(34-15-13-25(31)32)20-5-3-4-18(16-20)6-10-22-11-8-19-7-9-21(27)17-23(19)28-22/h3-11,16-17,26H,12-15H2,1-2H3,(H,31,32)/t26-/m1/s1/i1D3,2D3. The number of carbonyl (C=O) groups is 2. The maximum absolute atomic E-state index is 12.5. The Labute approximate surface area is 222 Å². The van der Waals surface area contributed by atoms with E-state index in [0.717, 1.165) is 27.7 Å². The number of thioether (sulfide) groups is 2. The van der Waals surface area contributed by atoms with Crippen LogP contribution in [-0.4, -0.2) is 52.3 Å². The van der Waals surface area contributed by atoms with Crippen molar-refractivity contribution in [3.8, 4) is 0 Å². The van der Waals surface area contributed by atoms with Crippen LogP contribution in [0.25, 0.3) is 23.1 Å². The first-order valence-electron chi connectivity index (χ1n) is 13.4. The largest absolute Gasteiger partial charge is 0.481 e. The van der Waals surface area contributed by atoms with E-state index in [0.29, 0.717) is 10.8 Å². The number of nitrogens with zero attached hydrogens (tertiary/aromatic N) is 2. The first kappa shape index (κ1) is 18.8. The summed E-state index contributed by atoms with van der Waals surface area (Å²) in [6, 6.07) is 17.0. The third-order valence-electron chi connectivity index (χ3n) is 4.72. The summed E-state index contributed by atoms with van der Waals surface area (Å²) in [5.74, 6) is -1.46. The van der Waals surface area contributed by atoms with E-state index >= 15 is 0 Å². The third-order valence-corrected chi connectivity index (χ3v) is 7.81. The monoisotopic (exact) mass is 520 g/mol. The van der Waals surface area contributed by atoms with Gasteiger partial charge in [-0.3, -0.25) is 9.59 Å². The van der Waals surface area contributed by atoms with Crippen LogP contribution in [0.5, 0.6) is 0 Å². The van der Waals surface area contributed by atoms with Crippen molar-refractivity contribution >= 4 is 70.1 Å². The van der Waals surface area contributed by atoms with Crippen LogP contribution in [0.2, 0.25) is 5.02 Å². The van der Waals surface area contributed by atoms with Gasteiger partial charge in [-0.25, -0.2) is 4.98 Å². The first-order chi connectivity index (χ1) is 18.7. The molecule has 0 saturated heterocycles. The van der Waals surface area contributed by atoms with Gasteiger partial charge in [0.2, 0.25) is 5.91 Å². The Morgan fingerprint density at radius 2 is 1.85 bits per heavy atom. The minimum absolute atomic E-state index is 0.0344. The van der Waals surface area contributed by atoms with Gasteiger partial charge in [-0.15, -0.1) is 23.5 Å². The Bertz CT molecular complexity index is 1370. The minimum Gasteiger partial charge on any atom is -0.481 e. The number of amides is 1. The second-order valence-corrected chi connectivity index (χ2v) is 10.4. The molecule has 1 amide bonds. The molecule has 0 aliphatic carbocycles. The van der Waals surface area contributed by atoms with Gasteiger partial charge in [0.05, 0.1) is 22.2 Å². The Hall–Kier alpha value is -2.48. The highest BCUT2D eigenvalue weighted by molar-refractivity contribution is 8.16. The van der Waals surface area contributed by atoms with Crippen molar-refractivity contribution in [2.24, 2.45) is 0 Å². The molecule has 34 heavy (non-hydrogen) atoms. The Morgan fingerprint density at radius 1 is 1.09 bits per heavy atom. The zero-order valence-corrected chi connectivity index (χ0v) is 20.5. The van der Waals surface area contributed by atoms with Gasteiger partial charge in [0.15, 0.2) is 0 Å². The van der Waals surface area contributed by atoms with Crippen molar-refractivity contribution in [2.45, 2.75) is 17.4 Å². The number of aliphatic carboxylic acids is 1. The first-order valence-corrected chi connectivity index (χ1v) is 12.8. The lowest BCUT2D eigenvalue weighted by Crippen LogP contribution is -2.21. The highest BCUT2D eigenvalue weighted by atomic mass is 35.5.